The first-order valence-electron chi connectivity index (χ1n) is 10.5. The van der Waals surface area contributed by atoms with Crippen LogP contribution in [0.3, 0.4) is 0 Å². The van der Waals surface area contributed by atoms with Gasteiger partial charge in [-0.1, -0.05) is 31.4 Å². The van der Waals surface area contributed by atoms with Gasteiger partial charge in [0.05, 0.1) is 24.8 Å². The normalized spacial score (nSPS) is 20.4. The second-order valence-corrected chi connectivity index (χ2v) is 8.04. The topological polar surface area (TPSA) is 72.7 Å². The molecule has 0 amide bonds. The van der Waals surface area contributed by atoms with Crippen LogP contribution in [-0.4, -0.2) is 57.3 Å². The molecule has 2 N–H and O–H groups in total. The Kier molecular flexibility index (Phi) is 7.70. The lowest BCUT2D eigenvalue weighted by molar-refractivity contribution is 0.00820. The molecule has 0 aromatic heterocycles. The van der Waals surface area contributed by atoms with Crippen molar-refractivity contribution < 1.29 is 4.74 Å². The Labute approximate surface area is 169 Å². The minimum atomic E-state index is 0.321. The molecule has 1 aliphatic heterocycles. The van der Waals surface area contributed by atoms with E-state index in [2.05, 4.69) is 26.6 Å². The number of hydrogen-bond donors (Lipinski definition) is 2. The van der Waals surface area contributed by atoms with Crippen molar-refractivity contribution in [3.63, 3.8) is 0 Å². The van der Waals surface area contributed by atoms with E-state index < -0.39 is 0 Å². The molecule has 0 radical (unpaired) electrons. The van der Waals surface area contributed by atoms with Crippen molar-refractivity contribution in [3.05, 3.63) is 35.4 Å². The average Bonchev–Trinajstić information content (AvgIpc) is 2.75. The van der Waals surface area contributed by atoms with Crippen molar-refractivity contribution in [1.82, 2.24) is 15.5 Å². The summed E-state index contributed by atoms with van der Waals surface area (Å²) in [5.74, 6) is 0.844. The Morgan fingerprint density at radius 1 is 1.14 bits per heavy atom. The third-order valence-electron chi connectivity index (χ3n) is 5.97. The van der Waals surface area contributed by atoms with Crippen molar-refractivity contribution in [2.45, 2.75) is 38.6 Å². The third-order valence-corrected chi connectivity index (χ3v) is 5.97. The molecule has 3 rings (SSSR count). The molecule has 1 heterocycles. The highest BCUT2D eigenvalue weighted by atomic mass is 16.5. The summed E-state index contributed by atoms with van der Waals surface area (Å²) in [6, 6.07) is 9.84. The molecule has 0 bridgehead atoms. The molecular weight excluding hydrogens is 350 g/mol. The number of nitriles is 1. The van der Waals surface area contributed by atoms with Crippen LogP contribution < -0.4 is 10.6 Å². The van der Waals surface area contributed by atoms with E-state index in [-0.39, 0.29) is 0 Å². The fraction of sp³-hybridized carbons (Fsp3) is 0.636. The summed E-state index contributed by atoms with van der Waals surface area (Å²) >= 11 is 0. The Morgan fingerprint density at radius 3 is 2.50 bits per heavy atom. The van der Waals surface area contributed by atoms with Crippen molar-refractivity contribution in [1.29, 1.82) is 5.26 Å². The first-order chi connectivity index (χ1) is 13.7. The molecule has 1 saturated heterocycles. The molecule has 0 spiro atoms. The minimum Gasteiger partial charge on any atom is -0.379 e. The van der Waals surface area contributed by atoms with Crippen LogP contribution in [0.2, 0.25) is 0 Å². The highest BCUT2D eigenvalue weighted by Crippen LogP contribution is 2.36. The second kappa shape index (κ2) is 10.4. The van der Waals surface area contributed by atoms with Crippen molar-refractivity contribution in [3.8, 4) is 6.07 Å². The number of ether oxygens (including phenoxy) is 1. The van der Waals surface area contributed by atoms with Crippen LogP contribution in [-0.2, 0) is 11.3 Å². The van der Waals surface area contributed by atoms with Gasteiger partial charge in [-0.05, 0) is 30.5 Å². The molecule has 2 aliphatic rings. The summed E-state index contributed by atoms with van der Waals surface area (Å²) in [6.07, 6.45) is 6.57. The number of nitrogens with zero attached hydrogens (tertiary/aromatic N) is 3. The van der Waals surface area contributed by atoms with Gasteiger partial charge in [0, 0.05) is 45.2 Å². The second-order valence-electron chi connectivity index (χ2n) is 8.04. The van der Waals surface area contributed by atoms with Gasteiger partial charge in [0.2, 0.25) is 0 Å². The maximum Gasteiger partial charge on any atom is 0.191 e. The molecule has 1 aromatic carbocycles. The molecule has 1 saturated carbocycles. The zero-order chi connectivity index (χ0) is 19.7. The molecule has 28 heavy (non-hydrogen) atoms. The fourth-order valence-corrected chi connectivity index (χ4v) is 4.30. The number of hydrogen-bond acceptors (Lipinski definition) is 4. The van der Waals surface area contributed by atoms with Crippen molar-refractivity contribution >= 4 is 5.96 Å². The number of benzene rings is 1. The van der Waals surface area contributed by atoms with Gasteiger partial charge in [-0.2, -0.15) is 5.26 Å². The van der Waals surface area contributed by atoms with Gasteiger partial charge < -0.3 is 15.4 Å². The number of rotatable bonds is 6. The van der Waals surface area contributed by atoms with Gasteiger partial charge in [-0.3, -0.25) is 9.89 Å². The van der Waals surface area contributed by atoms with E-state index in [0.717, 1.165) is 50.9 Å². The largest absolute Gasteiger partial charge is 0.379 e. The van der Waals surface area contributed by atoms with Crippen LogP contribution in [0.4, 0.5) is 0 Å². The van der Waals surface area contributed by atoms with E-state index in [1.165, 1.54) is 32.1 Å². The smallest absolute Gasteiger partial charge is 0.191 e. The Bertz CT molecular complexity index is 667. The van der Waals surface area contributed by atoms with Crippen molar-refractivity contribution in [2.24, 2.45) is 10.4 Å². The van der Waals surface area contributed by atoms with Gasteiger partial charge in [0.1, 0.15) is 0 Å². The van der Waals surface area contributed by atoms with Crippen molar-refractivity contribution in [2.75, 3.05) is 46.4 Å². The minimum absolute atomic E-state index is 0.321. The van der Waals surface area contributed by atoms with Gasteiger partial charge in [0.25, 0.3) is 0 Å². The van der Waals surface area contributed by atoms with E-state index in [4.69, 9.17) is 10.00 Å². The monoisotopic (exact) mass is 383 g/mol. The van der Waals surface area contributed by atoms with Gasteiger partial charge >= 0.3 is 0 Å². The molecule has 1 aromatic rings. The van der Waals surface area contributed by atoms with Crippen LogP contribution in [0.5, 0.6) is 0 Å². The van der Waals surface area contributed by atoms with E-state index >= 15 is 0 Å². The highest BCUT2D eigenvalue weighted by Gasteiger charge is 2.34. The molecule has 6 heteroatoms. The number of aliphatic imine (C=N–C) groups is 1. The number of guanidine groups is 1. The molecule has 152 valence electrons. The zero-order valence-electron chi connectivity index (χ0n) is 17.0. The van der Waals surface area contributed by atoms with Gasteiger partial charge in [-0.25, -0.2) is 0 Å². The Hall–Kier alpha value is -2.10. The summed E-state index contributed by atoms with van der Waals surface area (Å²) in [5.41, 5.74) is 2.15. The van der Waals surface area contributed by atoms with Crippen LogP contribution in [0.15, 0.2) is 29.3 Å². The van der Waals surface area contributed by atoms with Crippen LogP contribution in [0.1, 0.15) is 43.2 Å². The van der Waals surface area contributed by atoms with E-state index in [9.17, 15) is 0 Å². The summed E-state index contributed by atoms with van der Waals surface area (Å²) in [6.45, 7) is 6.62. The summed E-state index contributed by atoms with van der Waals surface area (Å²) in [7, 11) is 1.82. The fourth-order valence-electron chi connectivity index (χ4n) is 4.30. The lowest BCUT2D eigenvalue weighted by Crippen LogP contribution is -2.51. The van der Waals surface area contributed by atoms with Crippen LogP contribution in [0.25, 0.3) is 0 Å². The maximum atomic E-state index is 8.92. The lowest BCUT2D eigenvalue weighted by atomic mass is 9.73. The van der Waals surface area contributed by atoms with E-state index in [0.29, 0.717) is 17.5 Å². The number of morpholine rings is 1. The van der Waals surface area contributed by atoms with Crippen LogP contribution >= 0.6 is 0 Å². The molecule has 1 aliphatic carbocycles. The summed E-state index contributed by atoms with van der Waals surface area (Å²) in [5, 5.41) is 15.9. The summed E-state index contributed by atoms with van der Waals surface area (Å²) < 4.78 is 5.52. The molecular formula is C22H33N5O. The lowest BCUT2D eigenvalue weighted by Gasteiger charge is -2.42. The summed E-state index contributed by atoms with van der Waals surface area (Å²) in [4.78, 5) is 6.98. The maximum absolute atomic E-state index is 8.92. The molecule has 0 unspecified atom stereocenters. The average molecular weight is 384 g/mol. The standard InChI is InChI=1S/C22H33N5O/c1-24-21(25-16-20-7-5-19(15-23)6-8-20)26-17-22(9-3-2-4-10-22)18-27-11-13-28-14-12-27/h5-8H,2-4,9-14,16-18H2,1H3,(H2,24,25,26). The van der Waals surface area contributed by atoms with E-state index in [1.54, 1.807) is 0 Å². The predicted octanol–water partition coefficient (Wildman–Crippen LogP) is 2.51. The van der Waals surface area contributed by atoms with E-state index in [1.807, 2.05) is 31.3 Å². The first-order valence-corrected chi connectivity index (χ1v) is 10.5. The highest BCUT2D eigenvalue weighted by molar-refractivity contribution is 5.79. The predicted molar refractivity (Wildman–Crippen MR) is 112 cm³/mol. The first kappa shape index (κ1) is 20.6. The third kappa shape index (κ3) is 5.95. The van der Waals surface area contributed by atoms with Gasteiger partial charge in [-0.15, -0.1) is 0 Å². The Balaban J connectivity index is 1.53. The van der Waals surface area contributed by atoms with Gasteiger partial charge in [0.15, 0.2) is 5.96 Å². The molecule has 2 fully saturated rings. The molecule has 6 nitrogen and oxygen atoms in total. The van der Waals surface area contributed by atoms with Crippen LogP contribution in [0, 0.1) is 16.7 Å². The zero-order valence-corrected chi connectivity index (χ0v) is 17.0. The SMILES string of the molecule is CN=C(NCc1ccc(C#N)cc1)NCC1(CN2CCOCC2)CCCCC1. The number of nitrogens with one attached hydrogen (secondary N) is 2. The molecule has 0 atom stereocenters. The Morgan fingerprint density at radius 2 is 1.86 bits per heavy atom. The quantitative estimate of drug-likeness (QED) is 0.583.